The van der Waals surface area contributed by atoms with E-state index in [9.17, 15) is 4.79 Å². The number of rotatable bonds is 4. The van der Waals surface area contributed by atoms with E-state index >= 15 is 0 Å². The first-order valence-electron chi connectivity index (χ1n) is 5.22. The summed E-state index contributed by atoms with van der Waals surface area (Å²) in [6.07, 6.45) is 0. The molecule has 0 radical (unpaired) electrons. The fourth-order valence-corrected chi connectivity index (χ4v) is 2.60. The van der Waals surface area contributed by atoms with E-state index in [0.29, 0.717) is 11.8 Å². The molecule has 0 unspecified atom stereocenters. The van der Waals surface area contributed by atoms with Gasteiger partial charge in [-0.2, -0.15) is 4.98 Å². The number of esters is 1. The molecular formula is C12H9BrClNO3S. The smallest absolute Gasteiger partial charge is 0.351 e. The van der Waals surface area contributed by atoms with Gasteiger partial charge in [-0.1, -0.05) is 51.0 Å². The number of carbonyl (C=O) groups excluding carboxylic acids is 1. The maximum absolute atomic E-state index is 11.4. The van der Waals surface area contributed by atoms with Gasteiger partial charge >= 0.3 is 5.97 Å². The molecule has 100 valence electrons. The minimum absolute atomic E-state index is 0.0997. The Morgan fingerprint density at radius 3 is 2.74 bits per heavy atom. The van der Waals surface area contributed by atoms with Crippen molar-refractivity contribution in [3.8, 4) is 5.19 Å². The monoisotopic (exact) mass is 361 g/mol. The number of halogens is 2. The molecule has 0 N–H and O–H groups in total. The van der Waals surface area contributed by atoms with Crippen molar-refractivity contribution in [3.63, 3.8) is 0 Å². The molecule has 1 aromatic heterocycles. The number of nitrogens with zero attached hydrogens (tertiary/aromatic N) is 1. The van der Waals surface area contributed by atoms with Crippen LogP contribution in [0.5, 0.6) is 5.19 Å². The molecule has 0 aliphatic carbocycles. The summed E-state index contributed by atoms with van der Waals surface area (Å²) in [5.41, 5.74) is 0.995. The Bertz CT molecular complexity index is 585. The van der Waals surface area contributed by atoms with E-state index in [-0.39, 0.29) is 10.0 Å². The van der Waals surface area contributed by atoms with Crippen LogP contribution in [0.15, 0.2) is 28.7 Å². The van der Waals surface area contributed by atoms with Crippen LogP contribution in [0.3, 0.4) is 0 Å². The zero-order valence-corrected chi connectivity index (χ0v) is 13.0. The molecule has 7 heteroatoms. The molecule has 1 heterocycles. The standard InChI is InChI=1S/C12H9BrClNO3S/c1-17-11(16)9-10(14)15-12(19-9)18-6-7-2-4-8(13)5-3-7/h2-5H,6H2,1H3. The number of aromatic nitrogens is 1. The summed E-state index contributed by atoms with van der Waals surface area (Å²) in [5.74, 6) is -0.513. The first-order valence-corrected chi connectivity index (χ1v) is 7.21. The molecule has 0 bridgehead atoms. The molecule has 0 spiro atoms. The molecule has 2 aromatic rings. The fourth-order valence-electron chi connectivity index (χ4n) is 1.29. The molecule has 0 fully saturated rings. The Labute approximate surface area is 127 Å². The van der Waals surface area contributed by atoms with Crippen molar-refractivity contribution in [1.29, 1.82) is 0 Å². The molecule has 0 aliphatic heterocycles. The van der Waals surface area contributed by atoms with Gasteiger partial charge in [0.15, 0.2) is 10.0 Å². The van der Waals surface area contributed by atoms with E-state index in [2.05, 4.69) is 25.7 Å². The Morgan fingerprint density at radius 1 is 1.42 bits per heavy atom. The van der Waals surface area contributed by atoms with Gasteiger partial charge in [-0.3, -0.25) is 0 Å². The molecule has 0 amide bonds. The highest BCUT2D eigenvalue weighted by Gasteiger charge is 2.18. The molecule has 0 saturated heterocycles. The SMILES string of the molecule is COC(=O)c1sc(OCc2ccc(Br)cc2)nc1Cl. The van der Waals surface area contributed by atoms with Gasteiger partial charge in [-0.15, -0.1) is 0 Å². The molecule has 19 heavy (non-hydrogen) atoms. The number of thiazole rings is 1. The van der Waals surface area contributed by atoms with E-state index in [1.165, 1.54) is 7.11 Å². The average Bonchev–Trinajstić information content (AvgIpc) is 2.78. The Kier molecular flexibility index (Phi) is 4.79. The third-order valence-corrected chi connectivity index (χ3v) is 4.07. The lowest BCUT2D eigenvalue weighted by atomic mass is 10.2. The summed E-state index contributed by atoms with van der Waals surface area (Å²) < 4.78 is 11.1. The summed E-state index contributed by atoms with van der Waals surface area (Å²) in [7, 11) is 1.29. The second-order valence-electron chi connectivity index (χ2n) is 3.51. The van der Waals surface area contributed by atoms with Crippen LogP contribution in [0.1, 0.15) is 15.2 Å². The van der Waals surface area contributed by atoms with Gasteiger partial charge in [0.25, 0.3) is 5.19 Å². The van der Waals surface area contributed by atoms with Crippen LogP contribution in [0.4, 0.5) is 0 Å². The van der Waals surface area contributed by atoms with Gasteiger partial charge in [0.2, 0.25) is 0 Å². The zero-order chi connectivity index (χ0) is 13.8. The molecule has 1 aromatic carbocycles. The minimum Gasteiger partial charge on any atom is -0.465 e. The quantitative estimate of drug-likeness (QED) is 0.773. The van der Waals surface area contributed by atoms with Crippen molar-refractivity contribution in [2.75, 3.05) is 7.11 Å². The van der Waals surface area contributed by atoms with Gasteiger partial charge < -0.3 is 9.47 Å². The number of methoxy groups -OCH3 is 1. The summed E-state index contributed by atoms with van der Waals surface area (Å²) in [6.45, 7) is 0.359. The zero-order valence-electron chi connectivity index (χ0n) is 9.85. The normalized spacial score (nSPS) is 10.3. The van der Waals surface area contributed by atoms with Gasteiger partial charge in [0.1, 0.15) is 6.61 Å². The lowest BCUT2D eigenvalue weighted by molar-refractivity contribution is 0.0606. The number of carbonyl (C=O) groups is 1. The van der Waals surface area contributed by atoms with Gasteiger partial charge in [0.05, 0.1) is 7.11 Å². The summed E-state index contributed by atoms with van der Waals surface area (Å²) in [5, 5.41) is 0.441. The van der Waals surface area contributed by atoms with Crippen LogP contribution in [-0.2, 0) is 11.3 Å². The Morgan fingerprint density at radius 2 is 2.11 bits per heavy atom. The molecule has 0 saturated carbocycles. The minimum atomic E-state index is -0.513. The van der Waals surface area contributed by atoms with Crippen LogP contribution in [0, 0.1) is 0 Å². The van der Waals surface area contributed by atoms with Crippen molar-refractivity contribution < 1.29 is 14.3 Å². The van der Waals surface area contributed by atoms with E-state index in [1.807, 2.05) is 24.3 Å². The number of ether oxygens (including phenoxy) is 2. The van der Waals surface area contributed by atoms with Crippen molar-refractivity contribution in [2.45, 2.75) is 6.61 Å². The van der Waals surface area contributed by atoms with Gasteiger partial charge in [0, 0.05) is 4.47 Å². The lowest BCUT2D eigenvalue weighted by Gasteiger charge is -2.02. The third-order valence-electron chi connectivity index (χ3n) is 2.21. The maximum Gasteiger partial charge on any atom is 0.351 e. The van der Waals surface area contributed by atoms with Crippen molar-refractivity contribution in [3.05, 3.63) is 44.3 Å². The third kappa shape index (κ3) is 3.68. The molecule has 0 aliphatic rings. The predicted octanol–water partition coefficient (Wildman–Crippen LogP) is 3.92. The van der Waals surface area contributed by atoms with Crippen LogP contribution >= 0.6 is 38.9 Å². The summed E-state index contributed by atoms with van der Waals surface area (Å²) >= 11 is 10.3. The largest absolute Gasteiger partial charge is 0.465 e. The second-order valence-corrected chi connectivity index (χ2v) is 5.74. The van der Waals surface area contributed by atoms with Crippen molar-refractivity contribution >= 4 is 44.8 Å². The van der Waals surface area contributed by atoms with Crippen LogP contribution in [-0.4, -0.2) is 18.1 Å². The maximum atomic E-state index is 11.4. The number of hydrogen-bond donors (Lipinski definition) is 0. The lowest BCUT2D eigenvalue weighted by Crippen LogP contribution is -1.98. The highest BCUT2D eigenvalue weighted by atomic mass is 79.9. The first-order chi connectivity index (χ1) is 9.10. The van der Waals surface area contributed by atoms with E-state index in [4.69, 9.17) is 16.3 Å². The topological polar surface area (TPSA) is 48.4 Å². The Balaban J connectivity index is 2.04. The van der Waals surface area contributed by atoms with E-state index in [0.717, 1.165) is 21.4 Å². The van der Waals surface area contributed by atoms with Gasteiger partial charge in [-0.05, 0) is 17.7 Å². The Hall–Kier alpha value is -1.11. The van der Waals surface area contributed by atoms with E-state index in [1.54, 1.807) is 0 Å². The average molecular weight is 363 g/mol. The molecule has 0 atom stereocenters. The number of benzene rings is 1. The van der Waals surface area contributed by atoms with Crippen LogP contribution in [0.2, 0.25) is 5.15 Å². The van der Waals surface area contributed by atoms with Crippen molar-refractivity contribution in [1.82, 2.24) is 4.98 Å². The predicted molar refractivity (Wildman–Crippen MR) is 76.9 cm³/mol. The van der Waals surface area contributed by atoms with Gasteiger partial charge in [-0.25, -0.2) is 4.79 Å². The first kappa shape index (κ1) is 14.3. The van der Waals surface area contributed by atoms with Crippen LogP contribution < -0.4 is 4.74 Å². The van der Waals surface area contributed by atoms with Crippen LogP contribution in [0.25, 0.3) is 0 Å². The molecule has 4 nitrogen and oxygen atoms in total. The second kappa shape index (κ2) is 6.36. The highest BCUT2D eigenvalue weighted by molar-refractivity contribution is 9.10. The summed E-state index contributed by atoms with van der Waals surface area (Å²) in [4.78, 5) is 15.6. The number of hydrogen-bond acceptors (Lipinski definition) is 5. The highest BCUT2D eigenvalue weighted by Crippen LogP contribution is 2.29. The van der Waals surface area contributed by atoms with E-state index < -0.39 is 5.97 Å². The van der Waals surface area contributed by atoms with Crippen molar-refractivity contribution in [2.24, 2.45) is 0 Å². The summed E-state index contributed by atoms with van der Waals surface area (Å²) in [6, 6.07) is 7.71. The molecule has 2 rings (SSSR count). The fraction of sp³-hybridized carbons (Fsp3) is 0.167. The molecular weight excluding hydrogens is 354 g/mol.